The summed E-state index contributed by atoms with van der Waals surface area (Å²) in [6, 6.07) is 0. The molecule has 1 fully saturated rings. The first-order chi connectivity index (χ1) is 9.83. The summed E-state index contributed by atoms with van der Waals surface area (Å²) in [4.78, 5) is 9.75. The molecule has 0 radical (unpaired) electrons. The van der Waals surface area contributed by atoms with E-state index in [2.05, 4.69) is 12.2 Å². The molecule has 0 bridgehead atoms. The number of rotatable bonds is 5. The fourth-order valence-corrected chi connectivity index (χ4v) is 3.17. The lowest BCUT2D eigenvalue weighted by Crippen LogP contribution is -2.29. The summed E-state index contributed by atoms with van der Waals surface area (Å²) >= 11 is 0. The Morgan fingerprint density at radius 3 is 2.85 bits per heavy atom. The van der Waals surface area contributed by atoms with Crippen LogP contribution in [0.25, 0.3) is 0 Å². The lowest BCUT2D eigenvalue weighted by molar-refractivity contribution is 0.0868. The summed E-state index contributed by atoms with van der Waals surface area (Å²) in [5.74, 6) is 1.57. The Kier molecular flexibility index (Phi) is 4.32. The molecule has 1 saturated carbocycles. The third kappa shape index (κ3) is 2.59. The molecule has 0 spiro atoms. The van der Waals surface area contributed by atoms with E-state index in [9.17, 15) is 0 Å². The van der Waals surface area contributed by atoms with Gasteiger partial charge in [-0.3, -0.25) is 0 Å². The predicted octanol–water partition coefficient (Wildman–Crippen LogP) is 2.88. The van der Waals surface area contributed by atoms with Crippen molar-refractivity contribution in [2.75, 3.05) is 13.7 Å². The van der Waals surface area contributed by atoms with Gasteiger partial charge in [0.05, 0.1) is 11.4 Å². The van der Waals surface area contributed by atoms with Gasteiger partial charge in [0.15, 0.2) is 5.82 Å². The minimum atomic E-state index is 0.0546. The quantitative estimate of drug-likeness (QED) is 0.897. The molecular formula is C16H25N3O. The van der Waals surface area contributed by atoms with Gasteiger partial charge >= 0.3 is 0 Å². The third-order valence-corrected chi connectivity index (χ3v) is 4.60. The Balaban J connectivity index is 1.98. The molecule has 2 aliphatic rings. The molecule has 0 amide bonds. The summed E-state index contributed by atoms with van der Waals surface area (Å²) in [5, 5.41) is 3.46. The molecule has 3 rings (SSSR count). The second-order valence-electron chi connectivity index (χ2n) is 5.96. The van der Waals surface area contributed by atoms with Crippen molar-refractivity contribution in [2.24, 2.45) is 0 Å². The summed E-state index contributed by atoms with van der Waals surface area (Å²) in [7, 11) is 1.77. The molecule has 1 N–H and O–H groups in total. The Hall–Kier alpha value is -1.00. The van der Waals surface area contributed by atoms with Crippen molar-refractivity contribution in [3.05, 3.63) is 22.8 Å². The summed E-state index contributed by atoms with van der Waals surface area (Å²) in [5.41, 5.74) is 3.94. The van der Waals surface area contributed by atoms with Crippen molar-refractivity contribution < 1.29 is 4.74 Å². The van der Waals surface area contributed by atoms with Gasteiger partial charge in [0.25, 0.3) is 0 Å². The molecule has 1 aromatic heterocycles. The number of methoxy groups -OCH3 is 1. The molecule has 20 heavy (non-hydrogen) atoms. The minimum absolute atomic E-state index is 0.0546. The van der Waals surface area contributed by atoms with Crippen molar-refractivity contribution in [3.63, 3.8) is 0 Å². The Morgan fingerprint density at radius 2 is 2.20 bits per heavy atom. The SMILES string of the molecule is CCCC(OC)c1nc2c(c(C3CCC3)n1)CNCC2. The third-order valence-electron chi connectivity index (χ3n) is 4.60. The molecule has 1 aliphatic heterocycles. The standard InChI is InChI=1S/C16H25N3O/c1-3-5-14(20-2)16-18-13-8-9-17-10-12(13)15(19-16)11-6-4-7-11/h11,14,17H,3-10H2,1-2H3. The Labute approximate surface area is 121 Å². The van der Waals surface area contributed by atoms with E-state index in [1.807, 2.05) is 0 Å². The first-order valence-electron chi connectivity index (χ1n) is 7.96. The molecule has 0 saturated heterocycles. The zero-order chi connectivity index (χ0) is 13.9. The first kappa shape index (κ1) is 14.0. The van der Waals surface area contributed by atoms with Gasteiger partial charge < -0.3 is 10.1 Å². The van der Waals surface area contributed by atoms with Crippen LogP contribution >= 0.6 is 0 Å². The summed E-state index contributed by atoms with van der Waals surface area (Å²) in [6.07, 6.45) is 7.08. The molecule has 2 heterocycles. The monoisotopic (exact) mass is 275 g/mol. The molecule has 0 aromatic carbocycles. The molecule has 1 aromatic rings. The van der Waals surface area contributed by atoms with Crippen LogP contribution in [0.3, 0.4) is 0 Å². The van der Waals surface area contributed by atoms with Crippen LogP contribution in [0.15, 0.2) is 0 Å². The van der Waals surface area contributed by atoms with Gasteiger partial charge in [0.2, 0.25) is 0 Å². The predicted molar refractivity (Wildman–Crippen MR) is 78.7 cm³/mol. The topological polar surface area (TPSA) is 47.0 Å². The van der Waals surface area contributed by atoms with Crippen molar-refractivity contribution in [1.82, 2.24) is 15.3 Å². The van der Waals surface area contributed by atoms with Crippen molar-refractivity contribution in [2.45, 2.75) is 64.0 Å². The van der Waals surface area contributed by atoms with Crippen LogP contribution in [-0.2, 0) is 17.7 Å². The number of hydrogen-bond acceptors (Lipinski definition) is 4. The van der Waals surface area contributed by atoms with E-state index in [1.54, 1.807) is 7.11 Å². The minimum Gasteiger partial charge on any atom is -0.373 e. The van der Waals surface area contributed by atoms with Gasteiger partial charge in [-0.15, -0.1) is 0 Å². The first-order valence-corrected chi connectivity index (χ1v) is 7.96. The van der Waals surface area contributed by atoms with E-state index < -0.39 is 0 Å². The van der Waals surface area contributed by atoms with Crippen LogP contribution in [0.2, 0.25) is 0 Å². The highest BCUT2D eigenvalue weighted by Gasteiger charge is 2.28. The number of nitrogens with zero attached hydrogens (tertiary/aromatic N) is 2. The number of fused-ring (bicyclic) bond motifs is 1. The van der Waals surface area contributed by atoms with Crippen LogP contribution in [0.5, 0.6) is 0 Å². The highest BCUT2D eigenvalue weighted by atomic mass is 16.5. The number of aromatic nitrogens is 2. The van der Waals surface area contributed by atoms with Crippen LogP contribution in [0.4, 0.5) is 0 Å². The fraction of sp³-hybridized carbons (Fsp3) is 0.750. The average Bonchev–Trinajstić information content (AvgIpc) is 2.42. The van der Waals surface area contributed by atoms with Crippen molar-refractivity contribution >= 4 is 0 Å². The molecule has 4 heteroatoms. The van der Waals surface area contributed by atoms with Gasteiger partial charge in [-0.2, -0.15) is 0 Å². The van der Waals surface area contributed by atoms with Crippen LogP contribution in [-0.4, -0.2) is 23.6 Å². The zero-order valence-corrected chi connectivity index (χ0v) is 12.6. The molecule has 1 aliphatic carbocycles. The van der Waals surface area contributed by atoms with E-state index in [0.29, 0.717) is 5.92 Å². The fourth-order valence-electron chi connectivity index (χ4n) is 3.17. The van der Waals surface area contributed by atoms with Crippen LogP contribution in [0.1, 0.15) is 73.8 Å². The van der Waals surface area contributed by atoms with Gasteiger partial charge in [-0.05, 0) is 19.3 Å². The zero-order valence-electron chi connectivity index (χ0n) is 12.6. The molecular weight excluding hydrogens is 250 g/mol. The number of ether oxygens (including phenoxy) is 1. The van der Waals surface area contributed by atoms with Crippen LogP contribution < -0.4 is 5.32 Å². The van der Waals surface area contributed by atoms with Gasteiger partial charge in [0.1, 0.15) is 6.10 Å². The van der Waals surface area contributed by atoms with Gasteiger partial charge in [0, 0.05) is 38.1 Å². The maximum atomic E-state index is 5.61. The summed E-state index contributed by atoms with van der Waals surface area (Å²) in [6.45, 7) is 4.15. The van der Waals surface area contributed by atoms with Gasteiger partial charge in [-0.25, -0.2) is 9.97 Å². The number of nitrogens with one attached hydrogen (secondary N) is 1. The van der Waals surface area contributed by atoms with E-state index in [4.69, 9.17) is 14.7 Å². The van der Waals surface area contributed by atoms with Crippen LogP contribution in [0, 0.1) is 0 Å². The highest BCUT2D eigenvalue weighted by Crippen LogP contribution is 2.38. The second-order valence-corrected chi connectivity index (χ2v) is 5.96. The smallest absolute Gasteiger partial charge is 0.157 e. The van der Waals surface area contributed by atoms with E-state index >= 15 is 0 Å². The van der Waals surface area contributed by atoms with Crippen molar-refractivity contribution in [1.29, 1.82) is 0 Å². The maximum Gasteiger partial charge on any atom is 0.157 e. The van der Waals surface area contributed by atoms with E-state index in [-0.39, 0.29) is 6.10 Å². The lowest BCUT2D eigenvalue weighted by Gasteiger charge is -2.30. The van der Waals surface area contributed by atoms with Crippen molar-refractivity contribution in [3.8, 4) is 0 Å². The average molecular weight is 275 g/mol. The van der Waals surface area contributed by atoms with Gasteiger partial charge in [-0.1, -0.05) is 19.8 Å². The molecule has 1 unspecified atom stereocenters. The molecule has 4 nitrogen and oxygen atoms in total. The number of hydrogen-bond donors (Lipinski definition) is 1. The van der Waals surface area contributed by atoms with E-state index in [1.165, 1.54) is 36.2 Å². The lowest BCUT2D eigenvalue weighted by atomic mass is 9.80. The normalized spacial score (nSPS) is 20.3. The highest BCUT2D eigenvalue weighted by molar-refractivity contribution is 5.32. The summed E-state index contributed by atoms with van der Waals surface area (Å²) < 4.78 is 5.61. The largest absolute Gasteiger partial charge is 0.373 e. The second kappa shape index (κ2) is 6.19. The Bertz CT molecular complexity index is 471. The van der Waals surface area contributed by atoms with E-state index in [0.717, 1.165) is 38.2 Å². The maximum absolute atomic E-state index is 5.61. The molecule has 1 atom stereocenters. The molecule has 110 valence electrons. The Morgan fingerprint density at radius 1 is 1.35 bits per heavy atom.